The molecule has 1 aliphatic heterocycles. The molecule has 1 atom stereocenters. The van der Waals surface area contributed by atoms with Crippen molar-refractivity contribution in [3.8, 4) is 17.2 Å². The Morgan fingerprint density at radius 2 is 1.87 bits per heavy atom. The molecule has 0 radical (unpaired) electrons. The maximum atomic E-state index is 12.9. The third-order valence-electron chi connectivity index (χ3n) is 4.01. The molecule has 9 nitrogen and oxygen atoms in total. The summed E-state index contributed by atoms with van der Waals surface area (Å²) < 4.78 is 28.8. The van der Waals surface area contributed by atoms with Gasteiger partial charge in [0.2, 0.25) is 6.79 Å². The number of fused-ring (bicyclic) bond motifs is 1. The van der Waals surface area contributed by atoms with E-state index in [1.165, 1.54) is 31.2 Å². The molecule has 1 aliphatic rings. The smallest absolute Gasteiger partial charge is 0.279 e. The van der Waals surface area contributed by atoms with E-state index in [1.54, 1.807) is 25.1 Å². The standard InChI is InChI=1S/C20H20FN3O6/c1-12(14-3-8-17-18(9-14)28-11-27-17)24-29-10-19(25)22-23-20(26)13(2)30-16-6-4-15(21)5-7-16/h3-9,13H,10-11H2,1-2H3,(H,22,25)(H,23,26)/b24-12-/t13-/m1/s1. The summed E-state index contributed by atoms with van der Waals surface area (Å²) in [7, 11) is 0. The molecule has 3 rings (SSSR count). The van der Waals surface area contributed by atoms with E-state index in [4.69, 9.17) is 19.0 Å². The van der Waals surface area contributed by atoms with Crippen molar-refractivity contribution in [2.45, 2.75) is 20.0 Å². The van der Waals surface area contributed by atoms with Crippen LogP contribution < -0.4 is 25.1 Å². The number of amides is 2. The van der Waals surface area contributed by atoms with E-state index >= 15 is 0 Å². The summed E-state index contributed by atoms with van der Waals surface area (Å²) in [6, 6.07) is 10.5. The van der Waals surface area contributed by atoms with Gasteiger partial charge in [0, 0.05) is 5.56 Å². The van der Waals surface area contributed by atoms with Gasteiger partial charge in [0.05, 0.1) is 5.71 Å². The Morgan fingerprint density at radius 3 is 2.63 bits per heavy atom. The summed E-state index contributed by atoms with van der Waals surface area (Å²) in [4.78, 5) is 28.8. The van der Waals surface area contributed by atoms with E-state index in [1.807, 2.05) is 0 Å². The fourth-order valence-corrected chi connectivity index (χ4v) is 2.40. The Balaban J connectivity index is 1.40. The number of carbonyl (C=O) groups excluding carboxylic acids is 2. The molecule has 30 heavy (non-hydrogen) atoms. The first-order valence-corrected chi connectivity index (χ1v) is 9.00. The largest absolute Gasteiger partial charge is 0.481 e. The Hall–Kier alpha value is -3.82. The predicted octanol–water partition coefficient (Wildman–Crippen LogP) is 1.91. The lowest BCUT2D eigenvalue weighted by atomic mass is 10.1. The number of rotatable bonds is 7. The Morgan fingerprint density at radius 1 is 1.13 bits per heavy atom. The molecule has 0 saturated heterocycles. The molecule has 158 valence electrons. The third-order valence-corrected chi connectivity index (χ3v) is 4.01. The van der Waals surface area contributed by atoms with E-state index in [0.717, 1.165) is 5.56 Å². The topological polar surface area (TPSA) is 107 Å². The third kappa shape index (κ3) is 5.60. The molecule has 0 spiro atoms. The number of halogens is 1. The van der Waals surface area contributed by atoms with Gasteiger partial charge in [0.15, 0.2) is 24.2 Å². The van der Waals surface area contributed by atoms with Crippen LogP contribution in [-0.4, -0.2) is 37.0 Å². The quantitative estimate of drug-likeness (QED) is 0.526. The lowest BCUT2D eigenvalue weighted by Crippen LogP contribution is -2.48. The summed E-state index contributed by atoms with van der Waals surface area (Å²) in [5, 5.41) is 3.88. The summed E-state index contributed by atoms with van der Waals surface area (Å²) in [6.07, 6.45) is -0.914. The Bertz CT molecular complexity index is 948. The van der Waals surface area contributed by atoms with Crippen LogP contribution in [0.3, 0.4) is 0 Å². The van der Waals surface area contributed by atoms with Gasteiger partial charge < -0.3 is 19.0 Å². The minimum Gasteiger partial charge on any atom is -0.481 e. The summed E-state index contributed by atoms with van der Waals surface area (Å²) in [5.74, 6) is -0.0304. The van der Waals surface area contributed by atoms with Crippen molar-refractivity contribution in [2.75, 3.05) is 13.4 Å². The van der Waals surface area contributed by atoms with Gasteiger partial charge in [-0.3, -0.25) is 20.4 Å². The van der Waals surface area contributed by atoms with Gasteiger partial charge in [0.1, 0.15) is 11.6 Å². The van der Waals surface area contributed by atoms with Crippen LogP contribution in [0.1, 0.15) is 19.4 Å². The highest BCUT2D eigenvalue weighted by atomic mass is 19.1. The number of hydrazine groups is 1. The van der Waals surface area contributed by atoms with Crippen molar-refractivity contribution >= 4 is 17.5 Å². The normalized spacial score (nSPS) is 13.4. The molecule has 1 heterocycles. The molecule has 0 fully saturated rings. The van der Waals surface area contributed by atoms with Crippen molar-refractivity contribution < 1.29 is 33.0 Å². The molecular formula is C20H20FN3O6. The molecule has 2 aromatic rings. The number of oxime groups is 1. The summed E-state index contributed by atoms with van der Waals surface area (Å²) in [5.41, 5.74) is 5.70. The minimum atomic E-state index is -0.914. The van der Waals surface area contributed by atoms with Gasteiger partial charge in [-0.25, -0.2) is 4.39 Å². The molecular weight excluding hydrogens is 397 g/mol. The Labute approximate surface area is 171 Å². The fourth-order valence-electron chi connectivity index (χ4n) is 2.40. The molecule has 2 amide bonds. The van der Waals surface area contributed by atoms with Crippen LogP contribution in [-0.2, 0) is 14.4 Å². The van der Waals surface area contributed by atoms with Gasteiger partial charge in [-0.2, -0.15) is 0 Å². The average Bonchev–Trinajstić information content (AvgIpc) is 3.21. The average molecular weight is 417 g/mol. The van der Waals surface area contributed by atoms with Crippen molar-refractivity contribution in [1.82, 2.24) is 10.9 Å². The predicted molar refractivity (Wildman–Crippen MR) is 104 cm³/mol. The van der Waals surface area contributed by atoms with Crippen molar-refractivity contribution in [1.29, 1.82) is 0 Å². The molecule has 0 saturated carbocycles. The highest BCUT2D eigenvalue weighted by Crippen LogP contribution is 2.32. The molecule has 0 bridgehead atoms. The van der Waals surface area contributed by atoms with Gasteiger partial charge >= 0.3 is 0 Å². The molecule has 0 aromatic heterocycles. The van der Waals surface area contributed by atoms with E-state index in [0.29, 0.717) is 23.0 Å². The summed E-state index contributed by atoms with van der Waals surface area (Å²) >= 11 is 0. The highest BCUT2D eigenvalue weighted by Gasteiger charge is 2.16. The molecule has 2 aromatic carbocycles. The van der Waals surface area contributed by atoms with E-state index < -0.39 is 30.3 Å². The van der Waals surface area contributed by atoms with Gasteiger partial charge in [-0.05, 0) is 56.3 Å². The number of ether oxygens (including phenoxy) is 3. The highest BCUT2D eigenvalue weighted by molar-refractivity contribution is 5.99. The maximum absolute atomic E-state index is 12.9. The number of nitrogens with zero attached hydrogens (tertiary/aromatic N) is 1. The molecule has 0 aliphatic carbocycles. The van der Waals surface area contributed by atoms with Crippen molar-refractivity contribution in [3.05, 3.63) is 53.8 Å². The second-order valence-electron chi connectivity index (χ2n) is 6.27. The number of carbonyl (C=O) groups is 2. The monoisotopic (exact) mass is 417 g/mol. The van der Waals surface area contributed by atoms with Crippen LogP contribution in [0.5, 0.6) is 17.2 Å². The zero-order chi connectivity index (χ0) is 21.5. The molecule has 0 unspecified atom stereocenters. The first-order valence-electron chi connectivity index (χ1n) is 9.00. The minimum absolute atomic E-state index is 0.172. The van der Waals surface area contributed by atoms with Crippen LogP contribution >= 0.6 is 0 Å². The van der Waals surface area contributed by atoms with Crippen LogP contribution in [0.2, 0.25) is 0 Å². The number of nitrogens with one attached hydrogen (secondary N) is 2. The second-order valence-corrected chi connectivity index (χ2v) is 6.27. The lowest BCUT2D eigenvalue weighted by molar-refractivity contribution is -0.134. The van der Waals surface area contributed by atoms with E-state index in [2.05, 4.69) is 16.0 Å². The molecule has 10 heteroatoms. The SMILES string of the molecule is C/C(=N/OCC(=O)NNC(=O)[C@@H](C)Oc1ccc(F)cc1)c1ccc2c(c1)OCO2. The lowest BCUT2D eigenvalue weighted by Gasteiger charge is -2.15. The fraction of sp³-hybridized carbons (Fsp3) is 0.250. The van der Waals surface area contributed by atoms with Crippen LogP contribution in [0.15, 0.2) is 47.6 Å². The van der Waals surface area contributed by atoms with Crippen molar-refractivity contribution in [2.24, 2.45) is 5.16 Å². The van der Waals surface area contributed by atoms with E-state index in [9.17, 15) is 14.0 Å². The van der Waals surface area contributed by atoms with Crippen LogP contribution in [0, 0.1) is 5.82 Å². The number of benzene rings is 2. The number of hydrogen-bond donors (Lipinski definition) is 2. The molecule has 2 N–H and O–H groups in total. The van der Waals surface area contributed by atoms with Crippen molar-refractivity contribution in [3.63, 3.8) is 0 Å². The van der Waals surface area contributed by atoms with Crippen LogP contribution in [0.25, 0.3) is 0 Å². The van der Waals surface area contributed by atoms with Gasteiger partial charge in [-0.1, -0.05) is 5.16 Å². The summed E-state index contributed by atoms with van der Waals surface area (Å²) in [6.45, 7) is 2.96. The first kappa shape index (κ1) is 20.9. The first-order chi connectivity index (χ1) is 14.4. The van der Waals surface area contributed by atoms with Crippen LogP contribution in [0.4, 0.5) is 4.39 Å². The zero-order valence-corrected chi connectivity index (χ0v) is 16.3. The number of hydrogen-bond acceptors (Lipinski definition) is 7. The van der Waals surface area contributed by atoms with Gasteiger partial charge in [-0.15, -0.1) is 0 Å². The maximum Gasteiger partial charge on any atom is 0.279 e. The Kier molecular flexibility index (Phi) is 6.68. The zero-order valence-electron chi connectivity index (χ0n) is 16.3. The van der Waals surface area contributed by atoms with E-state index in [-0.39, 0.29) is 6.79 Å². The second kappa shape index (κ2) is 9.59. The van der Waals surface area contributed by atoms with Gasteiger partial charge in [0.25, 0.3) is 11.8 Å².